The predicted molar refractivity (Wildman–Crippen MR) is 84.6 cm³/mol. The van der Waals surface area contributed by atoms with Gasteiger partial charge >= 0.3 is 0 Å². The molecule has 0 unspecified atom stereocenters. The molecular formula is C15H13N7O. The molecule has 1 N–H and O–H groups in total. The number of aryl methyl sites for hydroxylation is 2. The molecule has 4 aromatic rings. The molecular weight excluding hydrogens is 294 g/mol. The zero-order valence-electron chi connectivity index (χ0n) is 12.6. The normalized spacial score (nSPS) is 11.2. The average molecular weight is 307 g/mol. The molecule has 0 aliphatic heterocycles. The van der Waals surface area contributed by atoms with E-state index in [9.17, 15) is 4.79 Å². The standard InChI is InChI=1S/C15H13N7O/c1-21-6-9(4-18-21)12-3-11-14(16-8-17-15(11)23)13(20-12)10-5-19-22(2)7-10/h3-8H,1-2H3,(H,16,17,23). The van der Waals surface area contributed by atoms with E-state index in [-0.39, 0.29) is 5.56 Å². The second-order valence-corrected chi connectivity index (χ2v) is 5.29. The van der Waals surface area contributed by atoms with Crippen molar-refractivity contribution in [2.75, 3.05) is 0 Å². The van der Waals surface area contributed by atoms with Crippen molar-refractivity contribution in [1.29, 1.82) is 0 Å². The molecule has 8 heteroatoms. The molecule has 0 saturated heterocycles. The summed E-state index contributed by atoms with van der Waals surface area (Å²) in [6.07, 6.45) is 8.50. The van der Waals surface area contributed by atoms with E-state index in [0.29, 0.717) is 22.3 Å². The summed E-state index contributed by atoms with van der Waals surface area (Å²) in [5, 5.41) is 8.82. The maximum Gasteiger partial charge on any atom is 0.258 e. The third-order valence-electron chi connectivity index (χ3n) is 3.61. The molecule has 0 aliphatic carbocycles. The topological polar surface area (TPSA) is 94.3 Å². The molecule has 0 aromatic carbocycles. The van der Waals surface area contributed by atoms with Crippen molar-refractivity contribution in [2.24, 2.45) is 14.1 Å². The third kappa shape index (κ3) is 2.20. The molecule has 0 radical (unpaired) electrons. The highest BCUT2D eigenvalue weighted by Gasteiger charge is 2.14. The Kier molecular flexibility index (Phi) is 2.83. The van der Waals surface area contributed by atoms with Crippen molar-refractivity contribution in [2.45, 2.75) is 0 Å². The molecule has 4 rings (SSSR count). The maximum atomic E-state index is 12.2. The molecule has 0 atom stereocenters. The lowest BCUT2D eigenvalue weighted by Crippen LogP contribution is -2.08. The molecule has 0 fully saturated rings. The first-order chi connectivity index (χ1) is 11.1. The number of hydrogen-bond acceptors (Lipinski definition) is 5. The molecule has 4 heterocycles. The monoisotopic (exact) mass is 307 g/mol. The van der Waals surface area contributed by atoms with Crippen LogP contribution in [0.25, 0.3) is 33.4 Å². The van der Waals surface area contributed by atoms with E-state index < -0.39 is 0 Å². The summed E-state index contributed by atoms with van der Waals surface area (Å²) in [5.74, 6) is 0. The van der Waals surface area contributed by atoms with Crippen LogP contribution in [0, 0.1) is 0 Å². The van der Waals surface area contributed by atoms with Crippen LogP contribution in [-0.4, -0.2) is 34.5 Å². The lowest BCUT2D eigenvalue weighted by molar-refractivity contribution is 0.768. The fraction of sp³-hybridized carbons (Fsp3) is 0.133. The van der Waals surface area contributed by atoms with Crippen LogP contribution in [0.15, 0.2) is 42.0 Å². The average Bonchev–Trinajstić information content (AvgIpc) is 3.15. The van der Waals surface area contributed by atoms with Gasteiger partial charge in [-0.3, -0.25) is 14.2 Å². The summed E-state index contributed by atoms with van der Waals surface area (Å²) >= 11 is 0. The summed E-state index contributed by atoms with van der Waals surface area (Å²) in [7, 11) is 3.66. The zero-order chi connectivity index (χ0) is 16.0. The number of pyridine rings is 1. The van der Waals surface area contributed by atoms with E-state index in [2.05, 4.69) is 25.1 Å². The van der Waals surface area contributed by atoms with Gasteiger partial charge in [0.25, 0.3) is 5.56 Å². The summed E-state index contributed by atoms with van der Waals surface area (Å²) in [6, 6.07) is 1.73. The first kappa shape index (κ1) is 13.4. The van der Waals surface area contributed by atoms with Crippen molar-refractivity contribution < 1.29 is 0 Å². The van der Waals surface area contributed by atoms with Crippen molar-refractivity contribution in [3.63, 3.8) is 0 Å². The molecule has 0 aliphatic rings. The number of nitrogens with one attached hydrogen (secondary N) is 1. The van der Waals surface area contributed by atoms with Crippen LogP contribution >= 0.6 is 0 Å². The molecule has 0 bridgehead atoms. The minimum Gasteiger partial charge on any atom is -0.313 e. The first-order valence-corrected chi connectivity index (χ1v) is 6.98. The van der Waals surface area contributed by atoms with Crippen LogP contribution < -0.4 is 5.56 Å². The van der Waals surface area contributed by atoms with E-state index in [1.807, 2.05) is 26.5 Å². The second-order valence-electron chi connectivity index (χ2n) is 5.29. The molecule has 23 heavy (non-hydrogen) atoms. The highest BCUT2D eigenvalue weighted by Crippen LogP contribution is 2.27. The van der Waals surface area contributed by atoms with Crippen molar-refractivity contribution in [1.82, 2.24) is 34.5 Å². The molecule has 0 amide bonds. The van der Waals surface area contributed by atoms with Crippen LogP contribution in [-0.2, 0) is 14.1 Å². The number of H-pyrrole nitrogens is 1. The van der Waals surface area contributed by atoms with Gasteiger partial charge in [0.05, 0.1) is 29.8 Å². The molecule has 4 aromatic heterocycles. The van der Waals surface area contributed by atoms with Gasteiger partial charge in [0.1, 0.15) is 11.2 Å². The molecule has 0 spiro atoms. The zero-order valence-corrected chi connectivity index (χ0v) is 12.6. The van der Waals surface area contributed by atoms with E-state index in [4.69, 9.17) is 0 Å². The Labute approximate surface area is 130 Å². The Morgan fingerprint density at radius 3 is 2.39 bits per heavy atom. The predicted octanol–water partition coefficient (Wildman–Crippen LogP) is 1.12. The minimum atomic E-state index is -0.201. The number of fused-ring (bicyclic) bond motifs is 1. The number of aromatic nitrogens is 7. The van der Waals surface area contributed by atoms with Gasteiger partial charge in [-0.25, -0.2) is 9.97 Å². The molecule has 0 saturated carbocycles. The van der Waals surface area contributed by atoms with Gasteiger partial charge in [0, 0.05) is 37.6 Å². The third-order valence-corrected chi connectivity index (χ3v) is 3.61. The summed E-state index contributed by atoms with van der Waals surface area (Å²) in [6.45, 7) is 0. The number of nitrogens with zero attached hydrogens (tertiary/aromatic N) is 6. The van der Waals surface area contributed by atoms with Gasteiger partial charge in [0.15, 0.2) is 0 Å². The number of aromatic amines is 1. The Hall–Kier alpha value is -3.29. The van der Waals surface area contributed by atoms with Crippen LogP contribution in [0.5, 0.6) is 0 Å². The maximum absolute atomic E-state index is 12.2. The highest BCUT2D eigenvalue weighted by atomic mass is 16.1. The van der Waals surface area contributed by atoms with Crippen LogP contribution in [0.1, 0.15) is 0 Å². The quantitative estimate of drug-likeness (QED) is 0.599. The Morgan fingerprint density at radius 1 is 1.04 bits per heavy atom. The van der Waals surface area contributed by atoms with Gasteiger partial charge in [0.2, 0.25) is 0 Å². The SMILES string of the molecule is Cn1cc(-c2cc3c(=O)[nH]cnc3c(-c3cnn(C)c3)n2)cn1. The van der Waals surface area contributed by atoms with Crippen molar-refractivity contribution in [3.05, 3.63) is 47.5 Å². The minimum absolute atomic E-state index is 0.201. The summed E-state index contributed by atoms with van der Waals surface area (Å²) < 4.78 is 3.38. The van der Waals surface area contributed by atoms with Gasteiger partial charge in [-0.2, -0.15) is 10.2 Å². The van der Waals surface area contributed by atoms with E-state index in [1.54, 1.807) is 27.8 Å². The Balaban J connectivity index is 2.07. The van der Waals surface area contributed by atoms with E-state index in [1.165, 1.54) is 6.33 Å². The fourth-order valence-corrected chi connectivity index (χ4v) is 2.52. The molecule has 8 nitrogen and oxygen atoms in total. The fourth-order valence-electron chi connectivity index (χ4n) is 2.52. The largest absolute Gasteiger partial charge is 0.313 e. The second kappa shape index (κ2) is 4.87. The van der Waals surface area contributed by atoms with Crippen LogP contribution in [0.4, 0.5) is 0 Å². The summed E-state index contributed by atoms with van der Waals surface area (Å²) in [5.41, 5.74) is 3.29. The lowest BCUT2D eigenvalue weighted by atomic mass is 10.1. The number of rotatable bonds is 2. The van der Waals surface area contributed by atoms with Gasteiger partial charge in [-0.15, -0.1) is 0 Å². The van der Waals surface area contributed by atoms with Gasteiger partial charge in [-0.1, -0.05) is 0 Å². The first-order valence-electron chi connectivity index (χ1n) is 6.98. The Bertz CT molecular complexity index is 1070. The van der Waals surface area contributed by atoms with E-state index >= 15 is 0 Å². The van der Waals surface area contributed by atoms with E-state index in [0.717, 1.165) is 11.1 Å². The van der Waals surface area contributed by atoms with Gasteiger partial charge < -0.3 is 4.98 Å². The van der Waals surface area contributed by atoms with Gasteiger partial charge in [-0.05, 0) is 6.07 Å². The van der Waals surface area contributed by atoms with Crippen molar-refractivity contribution in [3.8, 4) is 22.5 Å². The van der Waals surface area contributed by atoms with Crippen molar-refractivity contribution >= 4 is 10.9 Å². The summed E-state index contributed by atoms with van der Waals surface area (Å²) in [4.78, 5) is 23.8. The Morgan fingerprint density at radius 2 is 1.74 bits per heavy atom. The number of hydrogen-bond donors (Lipinski definition) is 1. The smallest absolute Gasteiger partial charge is 0.258 e. The van der Waals surface area contributed by atoms with Crippen LogP contribution in [0.3, 0.4) is 0 Å². The lowest BCUT2D eigenvalue weighted by Gasteiger charge is -2.05. The van der Waals surface area contributed by atoms with Crippen LogP contribution in [0.2, 0.25) is 0 Å². The highest BCUT2D eigenvalue weighted by molar-refractivity contribution is 5.93. The molecule has 114 valence electrons.